The molecule has 5 rings (SSSR count). The van der Waals surface area contributed by atoms with Gasteiger partial charge in [-0.2, -0.15) is 0 Å². The molecule has 1 aliphatic heterocycles. The first-order valence-electron chi connectivity index (χ1n) is 9.44. The Morgan fingerprint density at radius 3 is 2.07 bits per heavy atom. The molecule has 2 aromatic carbocycles. The third-order valence-electron chi connectivity index (χ3n) is 5.48. The minimum atomic E-state index is 0.846. The zero-order chi connectivity index (χ0) is 19.3. The Bertz CT molecular complexity index is 1160. The van der Waals surface area contributed by atoms with Crippen molar-refractivity contribution in [2.45, 2.75) is 13.8 Å². The number of piperazine rings is 1. The highest BCUT2D eigenvalue weighted by Crippen LogP contribution is 2.36. The molecule has 2 aromatic heterocycles. The summed E-state index contributed by atoms with van der Waals surface area (Å²) in [5.41, 5.74) is 4.72. The maximum atomic E-state index is 5.46. The molecular formula is C21H22N4OS2. The van der Waals surface area contributed by atoms with Crippen LogP contribution in [0.25, 0.3) is 20.4 Å². The predicted octanol–water partition coefficient (Wildman–Crippen LogP) is 4.86. The number of benzene rings is 2. The second kappa shape index (κ2) is 6.90. The molecule has 0 N–H and O–H groups in total. The van der Waals surface area contributed by atoms with Crippen LogP contribution in [0.3, 0.4) is 0 Å². The number of aryl methyl sites for hydroxylation is 2. The van der Waals surface area contributed by atoms with Crippen LogP contribution < -0.4 is 14.5 Å². The molecule has 28 heavy (non-hydrogen) atoms. The van der Waals surface area contributed by atoms with E-state index in [1.54, 1.807) is 29.8 Å². The van der Waals surface area contributed by atoms with Crippen molar-refractivity contribution in [3.63, 3.8) is 0 Å². The lowest BCUT2D eigenvalue weighted by Crippen LogP contribution is -2.46. The largest absolute Gasteiger partial charge is 0.494 e. The highest BCUT2D eigenvalue weighted by Gasteiger charge is 2.23. The van der Waals surface area contributed by atoms with Gasteiger partial charge >= 0.3 is 0 Å². The van der Waals surface area contributed by atoms with Crippen LogP contribution in [0.15, 0.2) is 30.3 Å². The number of ether oxygens (including phenoxy) is 1. The lowest BCUT2D eigenvalue weighted by atomic mass is 10.1. The van der Waals surface area contributed by atoms with Gasteiger partial charge < -0.3 is 14.5 Å². The molecule has 1 saturated heterocycles. The highest BCUT2D eigenvalue weighted by atomic mass is 32.1. The van der Waals surface area contributed by atoms with E-state index in [0.717, 1.165) is 53.2 Å². The minimum absolute atomic E-state index is 0.846. The van der Waals surface area contributed by atoms with Crippen molar-refractivity contribution in [1.29, 1.82) is 0 Å². The molecule has 0 radical (unpaired) electrons. The summed E-state index contributed by atoms with van der Waals surface area (Å²) in [4.78, 5) is 14.6. The minimum Gasteiger partial charge on any atom is -0.494 e. The Labute approximate surface area is 172 Å². The molecule has 5 nitrogen and oxygen atoms in total. The lowest BCUT2D eigenvalue weighted by Gasteiger charge is -2.34. The Hall–Kier alpha value is -2.38. The van der Waals surface area contributed by atoms with E-state index in [-0.39, 0.29) is 0 Å². The van der Waals surface area contributed by atoms with Crippen molar-refractivity contribution in [3.8, 4) is 5.75 Å². The number of para-hydroxylation sites is 1. The molecule has 0 bridgehead atoms. The average molecular weight is 411 g/mol. The molecule has 0 unspecified atom stereocenters. The van der Waals surface area contributed by atoms with Gasteiger partial charge in [0.05, 0.1) is 22.0 Å². The van der Waals surface area contributed by atoms with Crippen molar-refractivity contribution in [3.05, 3.63) is 41.5 Å². The van der Waals surface area contributed by atoms with Crippen LogP contribution in [0.1, 0.15) is 11.1 Å². The summed E-state index contributed by atoms with van der Waals surface area (Å²) >= 11 is 3.54. The van der Waals surface area contributed by atoms with Gasteiger partial charge in [0.1, 0.15) is 11.3 Å². The Kier molecular flexibility index (Phi) is 4.36. The normalized spacial score (nSPS) is 15.0. The monoisotopic (exact) mass is 410 g/mol. The number of thiazole rings is 2. The number of anilines is 2. The van der Waals surface area contributed by atoms with Crippen LogP contribution in [-0.2, 0) is 0 Å². The lowest BCUT2D eigenvalue weighted by molar-refractivity contribution is 0.419. The molecule has 1 aliphatic rings. The first-order valence-corrected chi connectivity index (χ1v) is 11.1. The second-order valence-corrected chi connectivity index (χ2v) is 9.15. The van der Waals surface area contributed by atoms with Gasteiger partial charge in [-0.05, 0) is 43.2 Å². The summed E-state index contributed by atoms with van der Waals surface area (Å²) in [6.45, 7) is 8.15. The summed E-state index contributed by atoms with van der Waals surface area (Å²) < 4.78 is 7.91. The van der Waals surface area contributed by atoms with Crippen molar-refractivity contribution < 1.29 is 4.74 Å². The quantitative estimate of drug-likeness (QED) is 0.483. The molecule has 0 amide bonds. The molecule has 0 spiro atoms. The van der Waals surface area contributed by atoms with Crippen LogP contribution >= 0.6 is 22.7 Å². The second-order valence-electron chi connectivity index (χ2n) is 7.13. The highest BCUT2D eigenvalue weighted by molar-refractivity contribution is 7.22. The van der Waals surface area contributed by atoms with E-state index in [1.807, 2.05) is 12.1 Å². The van der Waals surface area contributed by atoms with Gasteiger partial charge in [0, 0.05) is 26.2 Å². The van der Waals surface area contributed by atoms with Gasteiger partial charge in [-0.1, -0.05) is 34.8 Å². The third-order valence-corrected chi connectivity index (χ3v) is 7.65. The predicted molar refractivity (Wildman–Crippen MR) is 120 cm³/mol. The number of hydrogen-bond donors (Lipinski definition) is 0. The first-order chi connectivity index (χ1) is 13.6. The van der Waals surface area contributed by atoms with E-state index in [2.05, 4.69) is 41.8 Å². The van der Waals surface area contributed by atoms with E-state index in [4.69, 9.17) is 14.7 Å². The van der Waals surface area contributed by atoms with Crippen LogP contribution in [0.4, 0.5) is 10.3 Å². The number of aromatic nitrogens is 2. The van der Waals surface area contributed by atoms with E-state index in [1.165, 1.54) is 20.5 Å². The number of fused-ring (bicyclic) bond motifs is 2. The first kappa shape index (κ1) is 17.7. The van der Waals surface area contributed by atoms with E-state index >= 15 is 0 Å². The molecule has 0 aliphatic carbocycles. The standard InChI is InChI=1S/C21H22N4OS2/c1-13-7-8-17-18(14(13)2)22-20(28-17)24-9-11-25(12-10-24)21-23-19-15(26-3)5-4-6-16(19)27-21/h4-8H,9-12H2,1-3H3. The van der Waals surface area contributed by atoms with Crippen LogP contribution in [0, 0.1) is 13.8 Å². The van der Waals surface area contributed by atoms with Crippen molar-refractivity contribution in [1.82, 2.24) is 9.97 Å². The maximum absolute atomic E-state index is 5.46. The van der Waals surface area contributed by atoms with Crippen LogP contribution in [0.5, 0.6) is 5.75 Å². The third kappa shape index (κ3) is 2.89. The summed E-state index contributed by atoms with van der Waals surface area (Å²) in [5.74, 6) is 0.846. The zero-order valence-electron chi connectivity index (χ0n) is 16.2. The topological polar surface area (TPSA) is 41.5 Å². The van der Waals surface area contributed by atoms with Gasteiger partial charge in [-0.15, -0.1) is 0 Å². The SMILES string of the molecule is COc1cccc2sc(N3CCN(c4nc5c(C)c(C)ccc5s4)CC3)nc12. The van der Waals surface area contributed by atoms with Crippen molar-refractivity contribution >= 4 is 53.4 Å². The summed E-state index contributed by atoms with van der Waals surface area (Å²) in [6.07, 6.45) is 0. The molecule has 0 saturated carbocycles. The Morgan fingerprint density at radius 1 is 0.821 bits per heavy atom. The van der Waals surface area contributed by atoms with Crippen LogP contribution in [0.2, 0.25) is 0 Å². The van der Waals surface area contributed by atoms with E-state index in [9.17, 15) is 0 Å². The number of hydrogen-bond acceptors (Lipinski definition) is 7. The summed E-state index contributed by atoms with van der Waals surface area (Å²) in [5, 5.41) is 2.21. The fourth-order valence-electron chi connectivity index (χ4n) is 3.65. The number of nitrogens with zero attached hydrogens (tertiary/aromatic N) is 4. The van der Waals surface area contributed by atoms with Gasteiger partial charge in [0.2, 0.25) is 0 Å². The van der Waals surface area contributed by atoms with Gasteiger partial charge in [0.15, 0.2) is 10.3 Å². The zero-order valence-corrected chi connectivity index (χ0v) is 17.9. The van der Waals surface area contributed by atoms with Gasteiger partial charge in [0.25, 0.3) is 0 Å². The maximum Gasteiger partial charge on any atom is 0.186 e. The van der Waals surface area contributed by atoms with Gasteiger partial charge in [-0.3, -0.25) is 0 Å². The van der Waals surface area contributed by atoms with Gasteiger partial charge in [-0.25, -0.2) is 9.97 Å². The smallest absolute Gasteiger partial charge is 0.186 e. The fraction of sp³-hybridized carbons (Fsp3) is 0.333. The summed E-state index contributed by atoms with van der Waals surface area (Å²) in [6, 6.07) is 10.5. The molecule has 1 fully saturated rings. The van der Waals surface area contributed by atoms with E-state index in [0.29, 0.717) is 0 Å². The molecule has 3 heterocycles. The van der Waals surface area contributed by atoms with Crippen molar-refractivity contribution in [2.75, 3.05) is 43.1 Å². The van der Waals surface area contributed by atoms with Crippen LogP contribution in [-0.4, -0.2) is 43.3 Å². The van der Waals surface area contributed by atoms with Crippen molar-refractivity contribution in [2.24, 2.45) is 0 Å². The molecule has 144 valence electrons. The molecule has 7 heteroatoms. The number of rotatable bonds is 3. The Morgan fingerprint density at radius 2 is 1.43 bits per heavy atom. The molecule has 0 atom stereocenters. The molecular weight excluding hydrogens is 388 g/mol. The molecule has 4 aromatic rings. The number of methoxy groups -OCH3 is 1. The summed E-state index contributed by atoms with van der Waals surface area (Å²) in [7, 11) is 1.70. The fourth-order valence-corrected chi connectivity index (χ4v) is 5.76. The average Bonchev–Trinajstić information content (AvgIpc) is 3.35. The van der Waals surface area contributed by atoms with E-state index < -0.39 is 0 Å². The Balaban J connectivity index is 1.36.